The standard InChI is InChI=1S/C26H33ClN2O3/c1-18-12-19(2)14-24(13-18)32-17-25(30)29(16-21-8-7-9-22(27)15-21)20(3)26(31)28-23-10-5-4-6-11-23/h7-9,12-15,20,23H,4-6,10-11,16-17H2,1-3H3,(H,28,31)/t20-/m1/s1. The number of carbonyl (C=O) groups is 2. The molecule has 1 atom stereocenters. The summed E-state index contributed by atoms with van der Waals surface area (Å²) in [5, 5.41) is 3.74. The van der Waals surface area contributed by atoms with Crippen LogP contribution in [0.5, 0.6) is 5.75 Å². The third kappa shape index (κ3) is 6.99. The van der Waals surface area contributed by atoms with Gasteiger partial charge in [0.1, 0.15) is 11.8 Å². The first-order chi connectivity index (χ1) is 15.3. The molecular formula is C26H33ClN2O3. The average Bonchev–Trinajstić information content (AvgIpc) is 2.75. The van der Waals surface area contributed by atoms with Crippen molar-refractivity contribution in [2.24, 2.45) is 0 Å². The molecule has 0 bridgehead atoms. The molecule has 0 spiro atoms. The maximum Gasteiger partial charge on any atom is 0.261 e. The fraction of sp³-hybridized carbons (Fsp3) is 0.462. The van der Waals surface area contributed by atoms with Crippen LogP contribution in [0, 0.1) is 13.8 Å². The van der Waals surface area contributed by atoms with Crippen LogP contribution in [0.25, 0.3) is 0 Å². The van der Waals surface area contributed by atoms with Crippen LogP contribution in [0.2, 0.25) is 5.02 Å². The van der Waals surface area contributed by atoms with Gasteiger partial charge in [-0.1, -0.05) is 49.1 Å². The van der Waals surface area contributed by atoms with Gasteiger partial charge in [0.2, 0.25) is 5.91 Å². The highest BCUT2D eigenvalue weighted by Crippen LogP contribution is 2.20. The van der Waals surface area contributed by atoms with Crippen molar-refractivity contribution in [1.29, 1.82) is 0 Å². The molecule has 0 saturated heterocycles. The first kappa shape index (κ1) is 24.1. The smallest absolute Gasteiger partial charge is 0.261 e. The van der Waals surface area contributed by atoms with Gasteiger partial charge in [-0.2, -0.15) is 0 Å². The Morgan fingerprint density at radius 1 is 1.09 bits per heavy atom. The second kappa shape index (κ2) is 11.4. The Balaban J connectivity index is 1.72. The van der Waals surface area contributed by atoms with Crippen molar-refractivity contribution in [3.8, 4) is 5.75 Å². The Kier molecular flexibility index (Phi) is 8.57. The first-order valence-corrected chi connectivity index (χ1v) is 11.7. The molecule has 0 aromatic heterocycles. The van der Waals surface area contributed by atoms with Crippen LogP contribution in [0.1, 0.15) is 55.7 Å². The van der Waals surface area contributed by atoms with Crippen LogP contribution < -0.4 is 10.1 Å². The van der Waals surface area contributed by atoms with E-state index < -0.39 is 6.04 Å². The minimum absolute atomic E-state index is 0.126. The van der Waals surface area contributed by atoms with E-state index in [2.05, 4.69) is 11.4 Å². The third-order valence-electron chi connectivity index (χ3n) is 5.92. The number of rotatable bonds is 8. The molecule has 5 nitrogen and oxygen atoms in total. The number of benzene rings is 2. The lowest BCUT2D eigenvalue weighted by molar-refractivity contribution is -0.142. The van der Waals surface area contributed by atoms with Gasteiger partial charge < -0.3 is 15.0 Å². The highest BCUT2D eigenvalue weighted by atomic mass is 35.5. The summed E-state index contributed by atoms with van der Waals surface area (Å²) in [5.74, 6) is 0.284. The van der Waals surface area contributed by atoms with Gasteiger partial charge in [0.25, 0.3) is 5.91 Å². The van der Waals surface area contributed by atoms with Crippen molar-refractivity contribution in [3.05, 3.63) is 64.2 Å². The van der Waals surface area contributed by atoms with E-state index in [1.807, 2.05) is 44.2 Å². The van der Waals surface area contributed by atoms with E-state index >= 15 is 0 Å². The number of hydrogen-bond donors (Lipinski definition) is 1. The maximum atomic E-state index is 13.2. The van der Waals surface area contributed by atoms with Gasteiger partial charge in [0, 0.05) is 17.6 Å². The summed E-state index contributed by atoms with van der Waals surface area (Å²) in [6.07, 6.45) is 5.48. The molecule has 0 aliphatic heterocycles. The number of carbonyl (C=O) groups excluding carboxylic acids is 2. The summed E-state index contributed by atoms with van der Waals surface area (Å²) < 4.78 is 5.80. The summed E-state index contributed by atoms with van der Waals surface area (Å²) in [5.41, 5.74) is 3.02. The molecule has 3 rings (SSSR count). The van der Waals surface area contributed by atoms with E-state index in [9.17, 15) is 9.59 Å². The summed E-state index contributed by atoms with van der Waals surface area (Å²) in [6, 6.07) is 12.8. The molecule has 0 heterocycles. The number of halogens is 1. The van der Waals surface area contributed by atoms with Crippen LogP contribution in [-0.2, 0) is 16.1 Å². The van der Waals surface area contributed by atoms with Crippen LogP contribution in [-0.4, -0.2) is 35.4 Å². The van der Waals surface area contributed by atoms with Crippen molar-refractivity contribution in [3.63, 3.8) is 0 Å². The SMILES string of the molecule is Cc1cc(C)cc(OCC(=O)N(Cc2cccc(Cl)c2)[C@H](C)C(=O)NC2CCCCC2)c1. The molecule has 1 fully saturated rings. The van der Waals surface area contributed by atoms with Gasteiger partial charge in [-0.3, -0.25) is 9.59 Å². The number of aryl methyl sites for hydroxylation is 2. The van der Waals surface area contributed by atoms with E-state index in [1.165, 1.54) is 6.42 Å². The predicted molar refractivity (Wildman–Crippen MR) is 128 cm³/mol. The Labute approximate surface area is 196 Å². The molecule has 0 unspecified atom stereocenters. The average molecular weight is 457 g/mol. The summed E-state index contributed by atoms with van der Waals surface area (Å²) in [4.78, 5) is 27.8. The molecule has 1 aliphatic rings. The van der Waals surface area contributed by atoms with Crippen molar-refractivity contribution in [2.45, 2.75) is 71.5 Å². The normalized spacial score (nSPS) is 15.1. The molecule has 1 aliphatic carbocycles. The molecule has 0 radical (unpaired) electrons. The molecule has 2 amide bonds. The van der Waals surface area contributed by atoms with Crippen molar-refractivity contribution in [2.75, 3.05) is 6.61 Å². The lowest BCUT2D eigenvalue weighted by atomic mass is 9.95. The van der Waals surface area contributed by atoms with Gasteiger partial charge in [-0.25, -0.2) is 0 Å². The number of nitrogens with one attached hydrogen (secondary N) is 1. The zero-order chi connectivity index (χ0) is 23.1. The minimum atomic E-state index is -0.619. The van der Waals surface area contributed by atoms with Gasteiger partial charge in [-0.05, 0) is 74.6 Å². The number of nitrogens with zero attached hydrogens (tertiary/aromatic N) is 1. The van der Waals surface area contributed by atoms with Crippen molar-refractivity contribution < 1.29 is 14.3 Å². The molecule has 1 saturated carbocycles. The Morgan fingerprint density at radius 3 is 2.44 bits per heavy atom. The number of ether oxygens (including phenoxy) is 1. The molecule has 172 valence electrons. The van der Waals surface area contributed by atoms with E-state index in [0.29, 0.717) is 10.8 Å². The fourth-order valence-electron chi connectivity index (χ4n) is 4.23. The van der Waals surface area contributed by atoms with Gasteiger partial charge in [0.15, 0.2) is 6.61 Å². The van der Waals surface area contributed by atoms with E-state index in [4.69, 9.17) is 16.3 Å². The van der Waals surface area contributed by atoms with Gasteiger partial charge in [-0.15, -0.1) is 0 Å². The Morgan fingerprint density at radius 2 is 1.78 bits per heavy atom. The monoisotopic (exact) mass is 456 g/mol. The second-order valence-corrected chi connectivity index (χ2v) is 9.22. The van der Waals surface area contributed by atoms with Crippen LogP contribution >= 0.6 is 11.6 Å². The molecule has 2 aromatic carbocycles. The zero-order valence-corrected chi connectivity index (χ0v) is 20.0. The van der Waals surface area contributed by atoms with E-state index in [-0.39, 0.29) is 31.0 Å². The topological polar surface area (TPSA) is 58.6 Å². The largest absolute Gasteiger partial charge is 0.484 e. The minimum Gasteiger partial charge on any atom is -0.484 e. The number of hydrogen-bond acceptors (Lipinski definition) is 3. The molecule has 6 heteroatoms. The first-order valence-electron chi connectivity index (χ1n) is 11.4. The highest BCUT2D eigenvalue weighted by molar-refractivity contribution is 6.30. The maximum absolute atomic E-state index is 13.2. The molecule has 2 aromatic rings. The summed E-state index contributed by atoms with van der Waals surface area (Å²) >= 11 is 6.14. The lowest BCUT2D eigenvalue weighted by Crippen LogP contribution is -2.51. The van der Waals surface area contributed by atoms with Crippen LogP contribution in [0.4, 0.5) is 0 Å². The van der Waals surface area contributed by atoms with Crippen LogP contribution in [0.15, 0.2) is 42.5 Å². The van der Waals surface area contributed by atoms with Crippen LogP contribution in [0.3, 0.4) is 0 Å². The molecule has 32 heavy (non-hydrogen) atoms. The quantitative estimate of drug-likeness (QED) is 0.593. The summed E-state index contributed by atoms with van der Waals surface area (Å²) in [7, 11) is 0. The molecular weight excluding hydrogens is 424 g/mol. The van der Waals surface area contributed by atoms with E-state index in [1.54, 1.807) is 17.9 Å². The van der Waals surface area contributed by atoms with Crippen molar-refractivity contribution in [1.82, 2.24) is 10.2 Å². The highest BCUT2D eigenvalue weighted by Gasteiger charge is 2.28. The lowest BCUT2D eigenvalue weighted by Gasteiger charge is -2.31. The second-order valence-electron chi connectivity index (χ2n) is 8.78. The van der Waals surface area contributed by atoms with E-state index in [0.717, 1.165) is 42.4 Å². The van der Waals surface area contributed by atoms with Gasteiger partial charge in [0.05, 0.1) is 0 Å². The third-order valence-corrected chi connectivity index (χ3v) is 6.15. The number of amides is 2. The van der Waals surface area contributed by atoms with Gasteiger partial charge >= 0.3 is 0 Å². The Hall–Kier alpha value is -2.53. The Bertz CT molecular complexity index is 920. The zero-order valence-electron chi connectivity index (χ0n) is 19.2. The summed E-state index contributed by atoms with van der Waals surface area (Å²) in [6.45, 7) is 5.91. The predicted octanol–water partition coefficient (Wildman–Crippen LogP) is 5.20. The fourth-order valence-corrected chi connectivity index (χ4v) is 4.44. The van der Waals surface area contributed by atoms with Crippen molar-refractivity contribution >= 4 is 23.4 Å². The molecule has 1 N–H and O–H groups in total.